The summed E-state index contributed by atoms with van der Waals surface area (Å²) < 4.78 is 20.8. The highest BCUT2D eigenvalue weighted by Crippen LogP contribution is 2.48. The molecule has 8 nitrogen and oxygen atoms in total. The van der Waals surface area contributed by atoms with Gasteiger partial charge in [-0.1, -0.05) is 15.9 Å². The lowest BCUT2D eigenvalue weighted by Crippen LogP contribution is -2.33. The van der Waals surface area contributed by atoms with E-state index >= 15 is 0 Å². The molecule has 1 heterocycles. The maximum Gasteiger partial charge on any atom is 0.339 e. The zero-order valence-corrected chi connectivity index (χ0v) is 15.2. The topological polar surface area (TPSA) is 121 Å². The lowest BCUT2D eigenvalue weighted by molar-refractivity contribution is -0.144. The fraction of sp³-hybridized carbons (Fsp3) is 0.312. The first-order chi connectivity index (χ1) is 11.9. The molecule has 2 atom stereocenters. The minimum Gasteiger partial charge on any atom is -0.493 e. The van der Waals surface area contributed by atoms with Crippen LogP contribution in [0, 0.1) is 17.2 Å². The van der Waals surface area contributed by atoms with E-state index in [1.807, 2.05) is 6.07 Å². The van der Waals surface area contributed by atoms with Crippen molar-refractivity contribution in [3.8, 4) is 17.6 Å². The second-order valence-corrected chi connectivity index (χ2v) is 5.92. The Balaban J connectivity index is 2.78. The molecule has 0 radical (unpaired) electrons. The Kier molecular flexibility index (Phi) is 5.54. The first kappa shape index (κ1) is 18.6. The molecule has 0 aromatic heterocycles. The molecule has 0 fully saturated rings. The van der Waals surface area contributed by atoms with Crippen LogP contribution in [0.15, 0.2) is 28.1 Å². The Morgan fingerprint density at radius 2 is 2.00 bits per heavy atom. The monoisotopic (exact) mass is 410 g/mol. The maximum absolute atomic E-state index is 12.2. The molecule has 2 unspecified atom stereocenters. The number of benzene rings is 1. The van der Waals surface area contributed by atoms with Crippen molar-refractivity contribution in [2.45, 2.75) is 5.92 Å². The van der Waals surface area contributed by atoms with Crippen LogP contribution in [0.25, 0.3) is 0 Å². The van der Waals surface area contributed by atoms with Gasteiger partial charge in [-0.25, -0.2) is 4.79 Å². The second-order valence-electron chi connectivity index (χ2n) is 5.01. The highest BCUT2D eigenvalue weighted by molar-refractivity contribution is 9.10. The molecule has 2 rings (SSSR count). The molecule has 0 amide bonds. The lowest BCUT2D eigenvalue weighted by atomic mass is 9.79. The van der Waals surface area contributed by atoms with Crippen LogP contribution in [0.2, 0.25) is 0 Å². The minimum absolute atomic E-state index is 0.132. The second kappa shape index (κ2) is 7.44. The van der Waals surface area contributed by atoms with E-state index in [-0.39, 0.29) is 17.2 Å². The van der Waals surface area contributed by atoms with Crippen LogP contribution in [0.1, 0.15) is 11.5 Å². The summed E-state index contributed by atoms with van der Waals surface area (Å²) in [6, 6.07) is 5.11. The fourth-order valence-electron chi connectivity index (χ4n) is 2.63. The molecule has 0 aliphatic carbocycles. The summed E-state index contributed by atoms with van der Waals surface area (Å²) in [5.41, 5.74) is 6.12. The number of methoxy groups -OCH3 is 3. The molecule has 0 bridgehead atoms. The number of fused-ring (bicyclic) bond motifs is 1. The van der Waals surface area contributed by atoms with Gasteiger partial charge in [-0.05, 0) is 12.1 Å². The van der Waals surface area contributed by atoms with E-state index in [2.05, 4.69) is 15.9 Å². The molecule has 0 saturated carbocycles. The first-order valence-corrected chi connectivity index (χ1v) is 7.79. The lowest BCUT2D eigenvalue weighted by Gasteiger charge is -2.30. The average molecular weight is 411 g/mol. The first-order valence-electron chi connectivity index (χ1n) is 7.00. The Morgan fingerprint density at radius 1 is 1.32 bits per heavy atom. The van der Waals surface area contributed by atoms with E-state index in [1.165, 1.54) is 7.11 Å². The van der Waals surface area contributed by atoms with E-state index in [9.17, 15) is 14.9 Å². The van der Waals surface area contributed by atoms with Crippen molar-refractivity contribution in [3.05, 3.63) is 33.6 Å². The number of esters is 2. The number of rotatable bonds is 4. The van der Waals surface area contributed by atoms with Crippen LogP contribution >= 0.6 is 15.9 Å². The van der Waals surface area contributed by atoms with Crippen LogP contribution in [-0.2, 0) is 19.1 Å². The third kappa shape index (κ3) is 3.25. The molecular formula is C16H15BrN2O6. The van der Waals surface area contributed by atoms with Gasteiger partial charge in [0.1, 0.15) is 5.57 Å². The summed E-state index contributed by atoms with van der Waals surface area (Å²) in [5, 5.41) is 9.51. The van der Waals surface area contributed by atoms with Gasteiger partial charge in [0, 0.05) is 10.0 Å². The number of hydrogen-bond acceptors (Lipinski definition) is 8. The molecule has 0 spiro atoms. The van der Waals surface area contributed by atoms with Gasteiger partial charge in [-0.3, -0.25) is 4.79 Å². The fourth-order valence-corrected chi connectivity index (χ4v) is 3.08. The molecule has 2 N–H and O–H groups in total. The number of carbonyl (C=O) groups excluding carboxylic acids is 2. The van der Waals surface area contributed by atoms with Crippen molar-refractivity contribution in [1.82, 2.24) is 0 Å². The summed E-state index contributed by atoms with van der Waals surface area (Å²) in [6.45, 7) is 0. The molecule has 1 aromatic rings. The zero-order chi connectivity index (χ0) is 18.7. The molecule has 1 aromatic carbocycles. The summed E-state index contributed by atoms with van der Waals surface area (Å²) in [7, 11) is 3.74. The van der Waals surface area contributed by atoms with E-state index in [0.717, 1.165) is 14.2 Å². The predicted molar refractivity (Wildman–Crippen MR) is 88.4 cm³/mol. The summed E-state index contributed by atoms with van der Waals surface area (Å²) >= 11 is 3.33. The van der Waals surface area contributed by atoms with Gasteiger partial charge in [0.15, 0.2) is 17.4 Å². The standard InChI is InChI=1S/C16H15BrN2O6/c1-22-10-5-7(17)4-8-11(9(6-18)15(20)23-2)12(16(21)24-3)14(19)25-13(8)10/h4-5,9,11H,19H2,1-3H3. The quantitative estimate of drug-likeness (QED) is 0.742. The normalized spacial score (nSPS) is 16.8. The Hall–Kier alpha value is -2.73. The SMILES string of the molecule is COC(=O)C1=C(N)Oc2c(OC)cc(Br)cc2C1C(C#N)C(=O)OC. The molecule has 1 aliphatic heterocycles. The molecule has 1 aliphatic rings. The van der Waals surface area contributed by atoms with Crippen molar-refractivity contribution in [2.75, 3.05) is 21.3 Å². The van der Waals surface area contributed by atoms with Crippen molar-refractivity contribution in [3.63, 3.8) is 0 Å². The van der Waals surface area contributed by atoms with Gasteiger partial charge in [-0.2, -0.15) is 5.26 Å². The average Bonchev–Trinajstić information content (AvgIpc) is 2.61. The Labute approximate surface area is 152 Å². The molecule has 9 heteroatoms. The summed E-state index contributed by atoms with van der Waals surface area (Å²) in [5.74, 6) is -3.73. The van der Waals surface area contributed by atoms with Gasteiger partial charge in [0.25, 0.3) is 0 Å². The molecule has 0 saturated heterocycles. The summed E-state index contributed by atoms with van der Waals surface area (Å²) in [4.78, 5) is 24.3. The predicted octanol–water partition coefficient (Wildman–Crippen LogP) is 1.59. The van der Waals surface area contributed by atoms with Gasteiger partial charge in [0.05, 0.1) is 33.3 Å². The van der Waals surface area contributed by atoms with E-state index < -0.39 is 23.8 Å². The third-order valence-corrected chi connectivity index (χ3v) is 4.18. The number of carbonyl (C=O) groups is 2. The number of nitriles is 1. The number of halogens is 1. The number of nitrogens with two attached hydrogens (primary N) is 1. The van der Waals surface area contributed by atoms with Crippen LogP contribution in [0.4, 0.5) is 0 Å². The Morgan fingerprint density at radius 3 is 2.52 bits per heavy atom. The van der Waals surface area contributed by atoms with Crippen LogP contribution < -0.4 is 15.2 Å². The summed E-state index contributed by atoms with van der Waals surface area (Å²) in [6.07, 6.45) is 0. The van der Waals surface area contributed by atoms with Gasteiger partial charge < -0.3 is 24.7 Å². The van der Waals surface area contributed by atoms with Crippen LogP contribution in [0.5, 0.6) is 11.5 Å². The largest absolute Gasteiger partial charge is 0.493 e. The Bertz CT molecular complexity index is 799. The number of nitrogens with zero attached hydrogens (tertiary/aromatic N) is 1. The van der Waals surface area contributed by atoms with Crippen molar-refractivity contribution in [2.24, 2.45) is 11.7 Å². The van der Waals surface area contributed by atoms with Crippen LogP contribution in [0.3, 0.4) is 0 Å². The van der Waals surface area contributed by atoms with E-state index in [0.29, 0.717) is 15.8 Å². The van der Waals surface area contributed by atoms with Gasteiger partial charge >= 0.3 is 11.9 Å². The number of ether oxygens (including phenoxy) is 4. The number of hydrogen-bond donors (Lipinski definition) is 1. The van der Waals surface area contributed by atoms with Gasteiger partial charge in [-0.15, -0.1) is 0 Å². The van der Waals surface area contributed by atoms with Crippen LogP contribution in [-0.4, -0.2) is 33.3 Å². The smallest absolute Gasteiger partial charge is 0.339 e. The van der Waals surface area contributed by atoms with Crippen molar-refractivity contribution < 1.29 is 28.5 Å². The zero-order valence-electron chi connectivity index (χ0n) is 13.7. The van der Waals surface area contributed by atoms with E-state index in [1.54, 1.807) is 12.1 Å². The minimum atomic E-state index is -1.33. The van der Waals surface area contributed by atoms with Crippen molar-refractivity contribution >= 4 is 27.9 Å². The van der Waals surface area contributed by atoms with Gasteiger partial charge in [0.2, 0.25) is 5.88 Å². The molecular weight excluding hydrogens is 396 g/mol. The highest BCUT2D eigenvalue weighted by Gasteiger charge is 2.44. The maximum atomic E-state index is 12.2. The van der Waals surface area contributed by atoms with E-state index in [4.69, 9.17) is 24.7 Å². The third-order valence-electron chi connectivity index (χ3n) is 3.72. The molecule has 132 valence electrons. The highest BCUT2D eigenvalue weighted by atomic mass is 79.9. The van der Waals surface area contributed by atoms with Crippen molar-refractivity contribution in [1.29, 1.82) is 5.26 Å². The molecule has 25 heavy (non-hydrogen) atoms.